The number of hydrogen-bond acceptors (Lipinski definition) is 7. The van der Waals surface area contributed by atoms with Crippen molar-refractivity contribution in [2.75, 3.05) is 26.7 Å². The summed E-state index contributed by atoms with van der Waals surface area (Å²) in [5, 5.41) is 9.85. The second-order valence-electron chi connectivity index (χ2n) is 9.63. The molecule has 0 unspecified atom stereocenters. The largest absolute Gasteiger partial charge is 0.487 e. The van der Waals surface area contributed by atoms with Crippen molar-refractivity contribution >= 4 is 22.2 Å². The van der Waals surface area contributed by atoms with Gasteiger partial charge in [0.25, 0.3) is 0 Å². The first kappa shape index (κ1) is 26.9. The summed E-state index contributed by atoms with van der Waals surface area (Å²) >= 11 is 0. The lowest BCUT2D eigenvalue weighted by atomic mass is 10.0. The van der Waals surface area contributed by atoms with E-state index in [1.165, 1.54) is 10.6 Å². The molecule has 1 aliphatic rings. The Morgan fingerprint density at radius 1 is 1.14 bits per heavy atom. The van der Waals surface area contributed by atoms with Crippen molar-refractivity contribution in [2.24, 2.45) is 5.92 Å². The number of hydrogen-bond donors (Lipinski definition) is 1. The van der Waals surface area contributed by atoms with Gasteiger partial charge >= 0.3 is 0 Å². The highest BCUT2D eigenvalue weighted by molar-refractivity contribution is 7.89. The minimum atomic E-state index is -3.88. The van der Waals surface area contributed by atoms with Crippen LogP contribution in [0.2, 0.25) is 0 Å². The minimum Gasteiger partial charge on any atom is -0.487 e. The molecule has 4 rings (SSSR count). The molecule has 2 heterocycles. The van der Waals surface area contributed by atoms with E-state index in [1.807, 2.05) is 56.5 Å². The van der Waals surface area contributed by atoms with Gasteiger partial charge in [-0.1, -0.05) is 55.5 Å². The SMILES string of the molecule is C[C@@H]1CN([C@@H](C)CO)S(=O)(=O)c2ccc(/C=C/c3ccccc3)cc2O[C@@H]1CN(C)Cc1cncnc1. The maximum atomic E-state index is 13.7. The third-order valence-electron chi connectivity index (χ3n) is 6.52. The van der Waals surface area contributed by atoms with Gasteiger partial charge in [-0.2, -0.15) is 4.31 Å². The zero-order chi connectivity index (χ0) is 26.4. The van der Waals surface area contributed by atoms with E-state index < -0.39 is 16.1 Å². The van der Waals surface area contributed by atoms with Crippen LogP contribution in [0.3, 0.4) is 0 Å². The number of aliphatic hydroxyl groups excluding tert-OH is 1. The van der Waals surface area contributed by atoms with Gasteiger partial charge in [-0.15, -0.1) is 0 Å². The van der Waals surface area contributed by atoms with Crippen LogP contribution in [-0.2, 0) is 16.6 Å². The van der Waals surface area contributed by atoms with Crippen molar-refractivity contribution in [3.8, 4) is 5.75 Å². The van der Waals surface area contributed by atoms with Gasteiger partial charge in [0.15, 0.2) is 0 Å². The van der Waals surface area contributed by atoms with Crippen molar-refractivity contribution in [1.82, 2.24) is 19.2 Å². The van der Waals surface area contributed by atoms with E-state index in [0.717, 1.165) is 16.7 Å². The summed E-state index contributed by atoms with van der Waals surface area (Å²) in [5.41, 5.74) is 2.86. The van der Waals surface area contributed by atoms with Crippen LogP contribution in [0.25, 0.3) is 12.2 Å². The Balaban J connectivity index is 1.68. The monoisotopic (exact) mass is 522 g/mol. The lowest BCUT2D eigenvalue weighted by molar-refractivity contribution is 0.0733. The molecular weight excluding hydrogens is 488 g/mol. The number of likely N-dealkylation sites (N-methyl/N-ethyl adjacent to an activating group) is 1. The first-order chi connectivity index (χ1) is 17.8. The number of aliphatic hydroxyl groups is 1. The molecule has 2 aromatic carbocycles. The Bertz CT molecular complexity index is 1300. The van der Waals surface area contributed by atoms with Crippen LogP contribution < -0.4 is 4.74 Å². The van der Waals surface area contributed by atoms with Gasteiger partial charge in [0.1, 0.15) is 23.1 Å². The van der Waals surface area contributed by atoms with Gasteiger partial charge < -0.3 is 9.84 Å². The molecule has 0 amide bonds. The third kappa shape index (κ3) is 6.61. The number of fused-ring (bicyclic) bond motifs is 1. The second-order valence-corrected chi connectivity index (χ2v) is 11.5. The van der Waals surface area contributed by atoms with Crippen LogP contribution >= 0.6 is 0 Å². The maximum Gasteiger partial charge on any atom is 0.247 e. The Labute approximate surface area is 219 Å². The highest BCUT2D eigenvalue weighted by Gasteiger charge is 2.38. The molecular formula is C28H34N4O4S. The fourth-order valence-electron chi connectivity index (χ4n) is 4.42. The quantitative estimate of drug-likeness (QED) is 0.452. The van der Waals surface area contributed by atoms with Gasteiger partial charge in [-0.25, -0.2) is 18.4 Å². The van der Waals surface area contributed by atoms with E-state index in [1.54, 1.807) is 37.5 Å². The number of sulfonamides is 1. The van der Waals surface area contributed by atoms with E-state index in [2.05, 4.69) is 14.9 Å². The average Bonchev–Trinajstić information content (AvgIpc) is 2.90. The molecule has 0 saturated carbocycles. The molecule has 3 aromatic rings. The van der Waals surface area contributed by atoms with Crippen LogP contribution in [-0.4, -0.2) is 71.6 Å². The summed E-state index contributed by atoms with van der Waals surface area (Å²) < 4.78 is 35.2. The summed E-state index contributed by atoms with van der Waals surface area (Å²) in [6, 6.07) is 14.5. The predicted octanol–water partition coefficient (Wildman–Crippen LogP) is 3.55. The molecule has 1 N–H and O–H groups in total. The van der Waals surface area contributed by atoms with Gasteiger partial charge in [0.2, 0.25) is 10.0 Å². The molecule has 0 saturated heterocycles. The fourth-order valence-corrected chi connectivity index (χ4v) is 6.24. The number of aromatic nitrogens is 2. The van der Waals surface area contributed by atoms with Gasteiger partial charge in [0.05, 0.1) is 6.61 Å². The van der Waals surface area contributed by atoms with Crippen LogP contribution in [0.15, 0.2) is 72.1 Å². The van der Waals surface area contributed by atoms with Crippen LogP contribution in [0.1, 0.15) is 30.5 Å². The minimum absolute atomic E-state index is 0.112. The summed E-state index contributed by atoms with van der Waals surface area (Å²) in [6.45, 7) is 4.89. The molecule has 0 fully saturated rings. The van der Waals surface area contributed by atoms with Crippen LogP contribution in [0, 0.1) is 5.92 Å². The normalized spacial score (nSPS) is 20.7. The van der Waals surface area contributed by atoms with Crippen molar-refractivity contribution in [1.29, 1.82) is 0 Å². The smallest absolute Gasteiger partial charge is 0.247 e. The summed E-state index contributed by atoms with van der Waals surface area (Å²) in [7, 11) is -1.88. The molecule has 1 aliphatic heterocycles. The zero-order valence-corrected chi connectivity index (χ0v) is 22.3. The maximum absolute atomic E-state index is 13.7. The van der Waals surface area contributed by atoms with E-state index in [0.29, 0.717) is 18.8 Å². The van der Waals surface area contributed by atoms with Crippen LogP contribution in [0.4, 0.5) is 0 Å². The molecule has 0 radical (unpaired) electrons. The lowest BCUT2D eigenvalue weighted by Gasteiger charge is -2.37. The average molecular weight is 523 g/mol. The molecule has 9 heteroatoms. The Kier molecular flexibility index (Phi) is 8.71. The summed E-state index contributed by atoms with van der Waals surface area (Å²) in [6.07, 6.45) is 8.70. The third-order valence-corrected chi connectivity index (χ3v) is 8.54. The van der Waals surface area contributed by atoms with Crippen LogP contribution in [0.5, 0.6) is 5.75 Å². The van der Waals surface area contributed by atoms with E-state index in [4.69, 9.17) is 4.74 Å². The second kappa shape index (κ2) is 12.0. The molecule has 0 spiro atoms. The van der Waals surface area contributed by atoms with Crippen molar-refractivity contribution in [3.63, 3.8) is 0 Å². The number of benzene rings is 2. The highest BCUT2D eigenvalue weighted by Crippen LogP contribution is 2.34. The Hall–Kier alpha value is -3.11. The van der Waals surface area contributed by atoms with Crippen molar-refractivity contribution in [3.05, 3.63) is 83.9 Å². The van der Waals surface area contributed by atoms with Crippen molar-refractivity contribution < 1.29 is 18.3 Å². The first-order valence-electron chi connectivity index (χ1n) is 12.4. The van der Waals surface area contributed by atoms with E-state index in [9.17, 15) is 13.5 Å². The summed E-state index contributed by atoms with van der Waals surface area (Å²) in [5.74, 6) is 0.188. The standard InChI is InChI=1S/C28H34N4O4S/c1-21-16-32(22(2)19-33)37(34,35)28-12-11-24(10-9-23-7-5-4-6-8-23)13-26(28)36-27(21)18-31(3)17-25-14-29-20-30-15-25/h4-15,20-22,27,33H,16-19H2,1-3H3/b10-9+/t21-,22+,27-/m1/s1. The molecule has 196 valence electrons. The molecule has 0 bridgehead atoms. The fraction of sp³-hybridized carbons (Fsp3) is 0.357. The molecule has 37 heavy (non-hydrogen) atoms. The first-order valence-corrected chi connectivity index (χ1v) is 13.8. The molecule has 3 atom stereocenters. The lowest BCUT2D eigenvalue weighted by Crippen LogP contribution is -2.49. The van der Waals surface area contributed by atoms with Gasteiger partial charge in [-0.05, 0) is 37.2 Å². The number of nitrogens with zero attached hydrogens (tertiary/aromatic N) is 4. The molecule has 1 aromatic heterocycles. The highest BCUT2D eigenvalue weighted by atomic mass is 32.2. The zero-order valence-electron chi connectivity index (χ0n) is 21.4. The molecule has 8 nitrogen and oxygen atoms in total. The Morgan fingerprint density at radius 2 is 1.84 bits per heavy atom. The topological polar surface area (TPSA) is 95.9 Å². The van der Waals surface area contributed by atoms with Gasteiger partial charge in [0, 0.05) is 49.6 Å². The number of rotatable bonds is 8. The van der Waals surface area contributed by atoms with E-state index >= 15 is 0 Å². The predicted molar refractivity (Wildman–Crippen MR) is 144 cm³/mol. The molecule has 0 aliphatic carbocycles. The number of ether oxygens (including phenoxy) is 1. The summed E-state index contributed by atoms with van der Waals surface area (Å²) in [4.78, 5) is 10.4. The van der Waals surface area contributed by atoms with Crippen molar-refractivity contribution in [2.45, 2.75) is 37.4 Å². The van der Waals surface area contributed by atoms with Gasteiger partial charge in [-0.3, -0.25) is 4.90 Å². The van der Waals surface area contributed by atoms with E-state index in [-0.39, 0.29) is 30.1 Å². The Morgan fingerprint density at radius 3 is 2.54 bits per heavy atom.